The highest BCUT2D eigenvalue weighted by atomic mass is 35.5. The average molecular weight is 230 g/mol. The number of hydrogen-bond donors (Lipinski definition) is 1. The van der Waals surface area contributed by atoms with Crippen LogP contribution in [0.5, 0.6) is 0 Å². The first-order chi connectivity index (χ1) is 6.95. The quantitative estimate of drug-likeness (QED) is 0.788. The van der Waals surface area contributed by atoms with Crippen molar-refractivity contribution < 1.29 is 4.74 Å². The first-order valence-corrected chi connectivity index (χ1v) is 5.32. The van der Waals surface area contributed by atoms with Crippen LogP contribution in [-0.2, 0) is 17.8 Å². The van der Waals surface area contributed by atoms with Crippen molar-refractivity contribution in [1.82, 2.24) is 15.1 Å². The molecule has 0 spiro atoms. The van der Waals surface area contributed by atoms with Gasteiger partial charge in [0.2, 0.25) is 0 Å². The Morgan fingerprint density at radius 2 is 2.47 bits per heavy atom. The molecule has 1 unspecified atom stereocenters. The molecule has 1 aromatic heterocycles. The minimum Gasteiger partial charge on any atom is -0.373 e. The Balaban J connectivity index is 0.000000853. The molecule has 0 aromatic carbocycles. The first kappa shape index (κ1) is 10.9. The predicted molar refractivity (Wildman–Crippen MR) is 59.1 cm³/mol. The summed E-state index contributed by atoms with van der Waals surface area (Å²) in [4.78, 5) is 0. The summed E-state index contributed by atoms with van der Waals surface area (Å²) in [6.45, 7) is 3.86. The third-order valence-corrected chi connectivity index (χ3v) is 3.05. The number of halogens is 1. The van der Waals surface area contributed by atoms with Gasteiger partial charge < -0.3 is 10.1 Å². The van der Waals surface area contributed by atoms with E-state index in [-0.39, 0.29) is 12.4 Å². The van der Waals surface area contributed by atoms with Gasteiger partial charge in [0.25, 0.3) is 0 Å². The second-order valence-electron chi connectivity index (χ2n) is 3.95. The monoisotopic (exact) mass is 229 g/mol. The molecule has 1 saturated heterocycles. The molecule has 2 aliphatic heterocycles. The molecule has 4 nitrogen and oxygen atoms in total. The van der Waals surface area contributed by atoms with E-state index in [1.807, 2.05) is 6.20 Å². The normalized spacial score (nSPS) is 24.7. The van der Waals surface area contributed by atoms with Crippen LogP contribution in [0.4, 0.5) is 0 Å². The molecule has 0 saturated carbocycles. The van der Waals surface area contributed by atoms with Crippen molar-refractivity contribution >= 4 is 12.4 Å². The molecule has 5 heteroatoms. The van der Waals surface area contributed by atoms with E-state index < -0.39 is 0 Å². The zero-order chi connectivity index (χ0) is 9.38. The molecule has 1 aromatic rings. The molecule has 0 bridgehead atoms. The van der Waals surface area contributed by atoms with Crippen molar-refractivity contribution in [2.24, 2.45) is 0 Å². The Bertz CT molecular complexity index is 333. The van der Waals surface area contributed by atoms with Crippen molar-refractivity contribution in [3.05, 3.63) is 17.5 Å². The Morgan fingerprint density at radius 3 is 3.27 bits per heavy atom. The number of nitrogens with zero attached hydrogens (tertiary/aromatic N) is 2. The summed E-state index contributed by atoms with van der Waals surface area (Å²) < 4.78 is 7.79. The van der Waals surface area contributed by atoms with Gasteiger partial charge in [0.15, 0.2) is 0 Å². The van der Waals surface area contributed by atoms with Crippen molar-refractivity contribution in [3.63, 3.8) is 0 Å². The van der Waals surface area contributed by atoms with Gasteiger partial charge in [-0.05, 0) is 12.8 Å². The Kier molecular flexibility index (Phi) is 3.29. The zero-order valence-electron chi connectivity index (χ0n) is 8.61. The molecule has 0 radical (unpaired) electrons. The summed E-state index contributed by atoms with van der Waals surface area (Å²) in [6.07, 6.45) is 4.62. The van der Waals surface area contributed by atoms with E-state index in [1.54, 1.807) is 0 Å². The van der Waals surface area contributed by atoms with Crippen LogP contribution in [0.2, 0.25) is 0 Å². The van der Waals surface area contributed by atoms with Gasteiger partial charge in [0.1, 0.15) is 0 Å². The fourth-order valence-electron chi connectivity index (χ4n) is 2.29. The number of rotatable bonds is 1. The molecular formula is C10H16ClN3O. The van der Waals surface area contributed by atoms with E-state index in [0.29, 0.717) is 6.10 Å². The average Bonchev–Trinajstić information content (AvgIpc) is 2.85. The molecular weight excluding hydrogens is 214 g/mol. The summed E-state index contributed by atoms with van der Waals surface area (Å²) in [6, 6.07) is 0. The van der Waals surface area contributed by atoms with Gasteiger partial charge in [-0.2, -0.15) is 5.10 Å². The predicted octanol–water partition coefficient (Wildman–Crippen LogP) is 1.26. The molecule has 3 rings (SSSR count). The number of fused-ring (bicyclic) bond motifs is 1. The second-order valence-corrected chi connectivity index (χ2v) is 3.95. The fraction of sp³-hybridized carbons (Fsp3) is 0.700. The van der Waals surface area contributed by atoms with Crippen LogP contribution < -0.4 is 5.32 Å². The zero-order valence-corrected chi connectivity index (χ0v) is 9.42. The highest BCUT2D eigenvalue weighted by Crippen LogP contribution is 2.31. The van der Waals surface area contributed by atoms with E-state index in [0.717, 1.165) is 32.7 Å². The first-order valence-electron chi connectivity index (χ1n) is 5.32. The van der Waals surface area contributed by atoms with Gasteiger partial charge in [-0.25, -0.2) is 0 Å². The molecule has 3 heterocycles. The van der Waals surface area contributed by atoms with Crippen molar-refractivity contribution in [3.8, 4) is 0 Å². The number of hydrogen-bond acceptors (Lipinski definition) is 3. The Morgan fingerprint density at radius 1 is 1.53 bits per heavy atom. The van der Waals surface area contributed by atoms with Crippen LogP contribution >= 0.6 is 12.4 Å². The summed E-state index contributed by atoms with van der Waals surface area (Å²) in [5.41, 5.74) is 2.62. The van der Waals surface area contributed by atoms with Crippen molar-refractivity contribution in [2.75, 3.05) is 13.2 Å². The molecule has 1 fully saturated rings. The highest BCUT2D eigenvalue weighted by Gasteiger charge is 2.24. The van der Waals surface area contributed by atoms with E-state index in [9.17, 15) is 0 Å². The SMILES string of the molecule is Cl.c1nn2c(c1C1CCCO1)CNCC2. The lowest BCUT2D eigenvalue weighted by Gasteiger charge is -2.18. The smallest absolute Gasteiger partial charge is 0.0859 e. The minimum atomic E-state index is 0. The third kappa shape index (κ3) is 1.89. The molecule has 0 aliphatic carbocycles. The standard InChI is InChI=1S/C10H15N3O.ClH/c1-2-10(14-5-1)8-6-12-13-4-3-11-7-9(8)13;/h6,10-11H,1-5,7H2;1H. The van der Waals surface area contributed by atoms with Crippen LogP contribution in [-0.4, -0.2) is 22.9 Å². The van der Waals surface area contributed by atoms with Crippen LogP contribution in [0.3, 0.4) is 0 Å². The van der Waals surface area contributed by atoms with Crippen molar-refractivity contribution in [2.45, 2.75) is 32.0 Å². The lowest BCUT2D eigenvalue weighted by Crippen LogP contribution is -2.29. The van der Waals surface area contributed by atoms with E-state index in [4.69, 9.17) is 4.74 Å². The Hall–Kier alpha value is -0.580. The lowest BCUT2D eigenvalue weighted by molar-refractivity contribution is 0.111. The molecule has 1 atom stereocenters. The molecule has 84 valence electrons. The van der Waals surface area contributed by atoms with E-state index in [1.165, 1.54) is 17.7 Å². The maximum atomic E-state index is 5.68. The van der Waals surface area contributed by atoms with Gasteiger partial charge in [-0.15, -0.1) is 12.4 Å². The van der Waals surface area contributed by atoms with E-state index >= 15 is 0 Å². The third-order valence-electron chi connectivity index (χ3n) is 3.05. The van der Waals surface area contributed by atoms with Crippen LogP contribution in [0.15, 0.2) is 6.20 Å². The Labute approximate surface area is 95.4 Å². The van der Waals surface area contributed by atoms with Gasteiger partial charge in [0, 0.05) is 25.3 Å². The number of ether oxygens (including phenoxy) is 1. The summed E-state index contributed by atoms with van der Waals surface area (Å²) in [5, 5.41) is 7.77. The molecule has 2 aliphatic rings. The fourth-order valence-corrected chi connectivity index (χ4v) is 2.29. The van der Waals surface area contributed by atoms with E-state index in [2.05, 4.69) is 15.1 Å². The minimum absolute atomic E-state index is 0. The van der Waals surface area contributed by atoms with Gasteiger partial charge in [0.05, 0.1) is 24.5 Å². The van der Waals surface area contributed by atoms with Gasteiger partial charge in [-0.3, -0.25) is 4.68 Å². The summed E-state index contributed by atoms with van der Waals surface area (Å²) in [5.74, 6) is 0. The number of nitrogens with one attached hydrogen (secondary N) is 1. The molecule has 0 amide bonds. The largest absolute Gasteiger partial charge is 0.373 e. The lowest BCUT2D eigenvalue weighted by atomic mass is 10.1. The molecule has 15 heavy (non-hydrogen) atoms. The van der Waals surface area contributed by atoms with Gasteiger partial charge in [-0.1, -0.05) is 0 Å². The number of aromatic nitrogens is 2. The summed E-state index contributed by atoms with van der Waals surface area (Å²) in [7, 11) is 0. The van der Waals surface area contributed by atoms with Crippen molar-refractivity contribution in [1.29, 1.82) is 0 Å². The molecule has 1 N–H and O–H groups in total. The highest BCUT2D eigenvalue weighted by molar-refractivity contribution is 5.85. The second kappa shape index (κ2) is 4.51. The van der Waals surface area contributed by atoms with Gasteiger partial charge >= 0.3 is 0 Å². The summed E-state index contributed by atoms with van der Waals surface area (Å²) >= 11 is 0. The maximum Gasteiger partial charge on any atom is 0.0859 e. The van der Waals surface area contributed by atoms with Crippen LogP contribution in [0, 0.1) is 0 Å². The van der Waals surface area contributed by atoms with Crippen LogP contribution in [0.25, 0.3) is 0 Å². The van der Waals surface area contributed by atoms with Crippen LogP contribution in [0.1, 0.15) is 30.2 Å². The maximum absolute atomic E-state index is 5.68. The topological polar surface area (TPSA) is 39.1 Å².